The summed E-state index contributed by atoms with van der Waals surface area (Å²) in [4.78, 5) is 4.51. The maximum Gasteiger partial charge on any atom is 0.282 e. The Kier molecular flexibility index (Phi) is 4.70. The molecule has 1 fully saturated rings. The number of nitrogens with zero attached hydrogens (tertiary/aromatic N) is 3. The highest BCUT2D eigenvalue weighted by molar-refractivity contribution is 7.86. The molecule has 0 amide bonds. The molecule has 0 spiro atoms. The van der Waals surface area contributed by atoms with E-state index in [0.29, 0.717) is 13.1 Å². The van der Waals surface area contributed by atoms with E-state index in [1.807, 2.05) is 38.1 Å². The SMILES string of the molecule is C[C@H]1CN(S(=O)(=O)N(C)Cc2nc3ccccc3s2)C[C@H](C)O1. The second-order valence-electron chi connectivity index (χ2n) is 5.91. The minimum absolute atomic E-state index is 0.0932. The average Bonchev–Trinajstić information content (AvgIpc) is 2.88. The maximum absolute atomic E-state index is 12.8. The van der Waals surface area contributed by atoms with Crippen molar-refractivity contribution in [3.8, 4) is 0 Å². The number of thiazole rings is 1. The molecule has 1 aromatic heterocycles. The summed E-state index contributed by atoms with van der Waals surface area (Å²) < 4.78 is 35.1. The van der Waals surface area contributed by atoms with Crippen molar-refractivity contribution in [1.29, 1.82) is 0 Å². The molecule has 0 radical (unpaired) electrons. The van der Waals surface area contributed by atoms with Crippen LogP contribution >= 0.6 is 11.3 Å². The zero-order valence-electron chi connectivity index (χ0n) is 13.5. The van der Waals surface area contributed by atoms with Crippen LogP contribution in [0, 0.1) is 0 Å². The van der Waals surface area contributed by atoms with Crippen LogP contribution in [0.25, 0.3) is 10.2 Å². The number of ether oxygens (including phenoxy) is 1. The van der Waals surface area contributed by atoms with Gasteiger partial charge in [-0.25, -0.2) is 4.98 Å². The van der Waals surface area contributed by atoms with Gasteiger partial charge in [0.05, 0.1) is 29.0 Å². The fourth-order valence-corrected chi connectivity index (χ4v) is 5.35. The van der Waals surface area contributed by atoms with Crippen LogP contribution in [0.3, 0.4) is 0 Å². The third-order valence-electron chi connectivity index (χ3n) is 3.80. The van der Waals surface area contributed by atoms with E-state index in [-0.39, 0.29) is 18.8 Å². The van der Waals surface area contributed by atoms with Crippen LogP contribution in [0.1, 0.15) is 18.9 Å². The summed E-state index contributed by atoms with van der Waals surface area (Å²) in [7, 11) is -1.91. The lowest BCUT2D eigenvalue weighted by molar-refractivity contribution is -0.0453. The normalized spacial score (nSPS) is 23.7. The molecule has 1 aliphatic rings. The van der Waals surface area contributed by atoms with E-state index in [4.69, 9.17) is 4.74 Å². The van der Waals surface area contributed by atoms with Crippen LogP contribution in [0.5, 0.6) is 0 Å². The van der Waals surface area contributed by atoms with Crippen molar-refractivity contribution in [2.24, 2.45) is 0 Å². The molecule has 1 saturated heterocycles. The molecule has 0 saturated carbocycles. The van der Waals surface area contributed by atoms with Gasteiger partial charge in [0.15, 0.2) is 0 Å². The van der Waals surface area contributed by atoms with Gasteiger partial charge < -0.3 is 4.74 Å². The molecule has 126 valence electrons. The van der Waals surface area contributed by atoms with E-state index < -0.39 is 10.2 Å². The summed E-state index contributed by atoms with van der Waals surface area (Å²) in [5.41, 5.74) is 0.909. The van der Waals surface area contributed by atoms with Crippen molar-refractivity contribution in [3.05, 3.63) is 29.3 Å². The van der Waals surface area contributed by atoms with Gasteiger partial charge in [0, 0.05) is 20.1 Å². The van der Waals surface area contributed by atoms with Gasteiger partial charge in [-0.2, -0.15) is 17.0 Å². The second-order valence-corrected chi connectivity index (χ2v) is 9.06. The Labute approximate surface area is 140 Å². The van der Waals surface area contributed by atoms with Crippen molar-refractivity contribution in [1.82, 2.24) is 13.6 Å². The Morgan fingerprint density at radius 2 is 1.96 bits per heavy atom. The molecule has 2 heterocycles. The lowest BCUT2D eigenvalue weighted by atomic mass is 10.3. The van der Waals surface area contributed by atoms with Gasteiger partial charge in [-0.15, -0.1) is 11.3 Å². The maximum atomic E-state index is 12.8. The third kappa shape index (κ3) is 3.56. The lowest BCUT2D eigenvalue weighted by Gasteiger charge is -2.36. The highest BCUT2D eigenvalue weighted by Gasteiger charge is 2.34. The topological polar surface area (TPSA) is 62.7 Å². The first-order chi connectivity index (χ1) is 10.9. The smallest absolute Gasteiger partial charge is 0.282 e. The van der Waals surface area contributed by atoms with Gasteiger partial charge in [-0.05, 0) is 26.0 Å². The van der Waals surface area contributed by atoms with Crippen LogP contribution < -0.4 is 0 Å². The first kappa shape index (κ1) is 16.8. The van der Waals surface area contributed by atoms with Crippen molar-refractivity contribution < 1.29 is 13.2 Å². The molecule has 6 nitrogen and oxygen atoms in total. The molecule has 3 rings (SSSR count). The summed E-state index contributed by atoms with van der Waals surface area (Å²) in [5.74, 6) is 0. The molecule has 2 aromatic rings. The summed E-state index contributed by atoms with van der Waals surface area (Å²) in [6.45, 7) is 4.84. The Bertz CT molecular complexity index is 747. The summed E-state index contributed by atoms with van der Waals surface area (Å²) in [6.07, 6.45) is -0.186. The number of morpholine rings is 1. The number of aromatic nitrogens is 1. The molecular formula is C15H21N3O3S2. The van der Waals surface area contributed by atoms with Gasteiger partial charge in [0.2, 0.25) is 0 Å². The first-order valence-electron chi connectivity index (χ1n) is 7.57. The zero-order chi connectivity index (χ0) is 16.6. The second kappa shape index (κ2) is 6.45. The molecule has 2 atom stereocenters. The molecule has 1 aliphatic heterocycles. The Morgan fingerprint density at radius 1 is 1.30 bits per heavy atom. The van der Waals surface area contributed by atoms with E-state index in [2.05, 4.69) is 4.98 Å². The molecule has 0 bridgehead atoms. The molecule has 1 aromatic carbocycles. The van der Waals surface area contributed by atoms with Gasteiger partial charge in [-0.3, -0.25) is 0 Å². The number of fused-ring (bicyclic) bond motifs is 1. The van der Waals surface area contributed by atoms with Gasteiger partial charge >= 0.3 is 0 Å². The van der Waals surface area contributed by atoms with Crippen LogP contribution in [0.15, 0.2) is 24.3 Å². The summed E-state index contributed by atoms with van der Waals surface area (Å²) >= 11 is 1.53. The summed E-state index contributed by atoms with van der Waals surface area (Å²) in [5, 5.41) is 0.798. The monoisotopic (exact) mass is 355 g/mol. The van der Waals surface area contributed by atoms with Crippen molar-refractivity contribution >= 4 is 31.8 Å². The minimum atomic E-state index is -3.51. The van der Waals surface area contributed by atoms with Gasteiger partial charge in [0.1, 0.15) is 5.01 Å². The van der Waals surface area contributed by atoms with E-state index >= 15 is 0 Å². The van der Waals surface area contributed by atoms with Gasteiger partial charge in [-0.1, -0.05) is 12.1 Å². The fourth-order valence-electron chi connectivity index (χ4n) is 2.78. The van der Waals surface area contributed by atoms with Crippen molar-refractivity contribution in [2.45, 2.75) is 32.6 Å². The first-order valence-corrected chi connectivity index (χ1v) is 9.79. The van der Waals surface area contributed by atoms with Crippen molar-refractivity contribution in [3.63, 3.8) is 0 Å². The highest BCUT2D eigenvalue weighted by Crippen LogP contribution is 2.24. The molecule has 8 heteroatoms. The highest BCUT2D eigenvalue weighted by atomic mass is 32.2. The van der Waals surface area contributed by atoms with Crippen LogP contribution in [0.4, 0.5) is 0 Å². The van der Waals surface area contributed by atoms with E-state index in [1.165, 1.54) is 19.9 Å². The predicted octanol–water partition coefficient (Wildman–Crippen LogP) is 2.08. The Hall–Kier alpha value is -1.06. The predicted molar refractivity (Wildman–Crippen MR) is 91.6 cm³/mol. The minimum Gasteiger partial charge on any atom is -0.373 e. The van der Waals surface area contributed by atoms with E-state index in [0.717, 1.165) is 15.2 Å². The molecule has 0 unspecified atom stereocenters. The molecular weight excluding hydrogens is 334 g/mol. The number of hydrogen-bond donors (Lipinski definition) is 0. The van der Waals surface area contributed by atoms with Crippen molar-refractivity contribution in [2.75, 3.05) is 20.1 Å². The third-order valence-corrected chi connectivity index (χ3v) is 6.69. The molecule has 23 heavy (non-hydrogen) atoms. The standard InChI is InChI=1S/C15H21N3O3S2/c1-11-8-18(9-12(2)21-11)23(19,20)17(3)10-15-16-13-6-4-5-7-14(13)22-15/h4-7,11-12H,8-10H2,1-3H3/t11-,12-/m0/s1. The molecule has 0 aliphatic carbocycles. The average molecular weight is 355 g/mol. The van der Waals surface area contributed by atoms with E-state index in [9.17, 15) is 8.42 Å². The number of benzene rings is 1. The van der Waals surface area contributed by atoms with Gasteiger partial charge in [0.25, 0.3) is 10.2 Å². The largest absolute Gasteiger partial charge is 0.373 e. The summed E-state index contributed by atoms with van der Waals surface area (Å²) in [6, 6.07) is 7.83. The number of para-hydroxylation sites is 1. The molecule has 0 N–H and O–H groups in total. The van der Waals surface area contributed by atoms with E-state index in [1.54, 1.807) is 7.05 Å². The number of hydrogen-bond acceptors (Lipinski definition) is 5. The van der Waals surface area contributed by atoms with Crippen LogP contribution in [0.2, 0.25) is 0 Å². The Morgan fingerprint density at radius 3 is 2.61 bits per heavy atom. The van der Waals surface area contributed by atoms with Crippen LogP contribution in [-0.2, 0) is 21.5 Å². The quantitative estimate of drug-likeness (QED) is 0.842. The fraction of sp³-hybridized carbons (Fsp3) is 0.533. The Balaban J connectivity index is 1.77. The number of rotatable bonds is 4. The van der Waals surface area contributed by atoms with Crippen LogP contribution in [-0.4, -0.2) is 54.4 Å². The zero-order valence-corrected chi connectivity index (χ0v) is 15.1. The lowest BCUT2D eigenvalue weighted by Crippen LogP contribution is -2.52.